The van der Waals surface area contributed by atoms with Crippen LogP contribution in [0.5, 0.6) is 5.88 Å². The van der Waals surface area contributed by atoms with Gasteiger partial charge in [-0.2, -0.15) is 0 Å². The van der Waals surface area contributed by atoms with Crippen molar-refractivity contribution in [3.63, 3.8) is 0 Å². The molecule has 12 heteroatoms. The van der Waals surface area contributed by atoms with Crippen LogP contribution in [-0.4, -0.2) is 93.2 Å². The molecule has 3 aromatic heterocycles. The van der Waals surface area contributed by atoms with Crippen LogP contribution in [0.4, 0.5) is 10.3 Å². The fraction of sp³-hybridized carbons (Fsp3) is 0.542. The summed E-state index contributed by atoms with van der Waals surface area (Å²) in [4.78, 5) is 24.8. The van der Waals surface area contributed by atoms with Gasteiger partial charge in [0, 0.05) is 24.8 Å². The summed E-state index contributed by atoms with van der Waals surface area (Å²) in [5.74, 6) is 0.663. The maximum atomic E-state index is 14.6. The van der Waals surface area contributed by atoms with E-state index < -0.39 is 18.1 Å². The van der Waals surface area contributed by atoms with Gasteiger partial charge >= 0.3 is 0 Å². The van der Waals surface area contributed by atoms with Crippen LogP contribution in [0.25, 0.3) is 5.65 Å². The van der Waals surface area contributed by atoms with E-state index in [1.54, 1.807) is 22.7 Å². The first-order chi connectivity index (χ1) is 17.3. The summed E-state index contributed by atoms with van der Waals surface area (Å²) in [6.45, 7) is 7.41. The van der Waals surface area contributed by atoms with E-state index in [0.29, 0.717) is 23.9 Å². The van der Waals surface area contributed by atoms with E-state index in [1.807, 2.05) is 31.9 Å². The molecule has 0 radical (unpaired) electrons. The van der Waals surface area contributed by atoms with E-state index in [2.05, 4.69) is 32.0 Å². The number of anilines is 1. The van der Waals surface area contributed by atoms with E-state index >= 15 is 0 Å². The summed E-state index contributed by atoms with van der Waals surface area (Å²) >= 11 is 0. The minimum Gasteiger partial charge on any atom is -0.480 e. The first-order valence-electron chi connectivity index (χ1n) is 12.1. The monoisotopic (exact) mass is 499 g/mol. The number of aryl methyl sites for hydroxylation is 3. The number of likely N-dealkylation sites (N-methyl/N-ethyl adjacent to an activating group) is 1. The molecule has 1 N–H and O–H groups in total. The van der Waals surface area contributed by atoms with Crippen molar-refractivity contribution in [3.8, 4) is 5.88 Å². The van der Waals surface area contributed by atoms with Crippen molar-refractivity contribution in [2.24, 2.45) is 0 Å². The SMILES string of the molecule is C=CC(=O)NC1CN(c2nc(CCCc3cn(CCN(C)C)nc3OC)c3ncc(C)n3n2)CC1F. The van der Waals surface area contributed by atoms with Crippen LogP contribution in [0.15, 0.2) is 25.0 Å². The molecular weight excluding hydrogens is 465 g/mol. The van der Waals surface area contributed by atoms with Gasteiger partial charge in [-0.3, -0.25) is 9.48 Å². The van der Waals surface area contributed by atoms with Crippen molar-refractivity contribution in [1.29, 1.82) is 0 Å². The number of carbonyl (C=O) groups is 1. The number of nitrogens with zero attached hydrogens (tertiary/aromatic N) is 8. The summed E-state index contributed by atoms with van der Waals surface area (Å²) in [7, 11) is 5.70. The quantitative estimate of drug-likeness (QED) is 0.393. The Kier molecular flexibility index (Phi) is 7.82. The maximum absolute atomic E-state index is 14.6. The van der Waals surface area contributed by atoms with Gasteiger partial charge in [-0.05, 0) is 46.4 Å². The number of rotatable bonds is 11. The number of amides is 1. The van der Waals surface area contributed by atoms with Crippen LogP contribution >= 0.6 is 0 Å². The molecule has 2 atom stereocenters. The van der Waals surface area contributed by atoms with E-state index in [4.69, 9.17) is 9.72 Å². The molecule has 0 aromatic carbocycles. The summed E-state index contributed by atoms with van der Waals surface area (Å²) in [6, 6.07) is -0.640. The third kappa shape index (κ3) is 5.64. The Labute approximate surface area is 209 Å². The van der Waals surface area contributed by atoms with E-state index in [-0.39, 0.29) is 13.1 Å². The molecule has 1 aliphatic rings. The third-order valence-corrected chi connectivity index (χ3v) is 6.26. The number of hydrogen-bond acceptors (Lipinski definition) is 8. The summed E-state index contributed by atoms with van der Waals surface area (Å²) in [6.07, 6.45) is 5.93. The summed E-state index contributed by atoms with van der Waals surface area (Å²) in [5, 5.41) is 11.8. The van der Waals surface area contributed by atoms with Crippen LogP contribution in [0, 0.1) is 6.92 Å². The minimum atomic E-state index is -1.22. The molecule has 3 aromatic rings. The van der Waals surface area contributed by atoms with Crippen molar-refractivity contribution in [3.05, 3.63) is 42.0 Å². The first kappa shape index (κ1) is 25.5. The Morgan fingerprint density at radius 2 is 2.14 bits per heavy atom. The Hall–Kier alpha value is -3.54. The third-order valence-electron chi connectivity index (χ3n) is 6.26. The normalized spacial score (nSPS) is 17.8. The number of nitrogens with one attached hydrogen (secondary N) is 1. The van der Waals surface area contributed by atoms with Crippen LogP contribution in [0.2, 0.25) is 0 Å². The second-order valence-corrected chi connectivity index (χ2v) is 9.32. The van der Waals surface area contributed by atoms with Crippen molar-refractivity contribution in [1.82, 2.24) is 39.6 Å². The second kappa shape index (κ2) is 11.0. The van der Waals surface area contributed by atoms with Crippen LogP contribution < -0.4 is 15.0 Å². The molecular formula is C24H34FN9O2. The van der Waals surface area contributed by atoms with Gasteiger partial charge in [0.2, 0.25) is 17.7 Å². The molecule has 36 heavy (non-hydrogen) atoms. The lowest BCUT2D eigenvalue weighted by Crippen LogP contribution is -2.40. The zero-order valence-corrected chi connectivity index (χ0v) is 21.3. The van der Waals surface area contributed by atoms with Gasteiger partial charge in [0.25, 0.3) is 0 Å². The largest absolute Gasteiger partial charge is 0.480 e. The topological polar surface area (TPSA) is 106 Å². The van der Waals surface area contributed by atoms with Crippen LogP contribution in [-0.2, 0) is 24.2 Å². The van der Waals surface area contributed by atoms with E-state index in [9.17, 15) is 9.18 Å². The smallest absolute Gasteiger partial charge is 0.244 e. The second-order valence-electron chi connectivity index (χ2n) is 9.32. The molecule has 1 fully saturated rings. The lowest BCUT2D eigenvalue weighted by atomic mass is 10.1. The van der Waals surface area contributed by atoms with E-state index in [1.165, 1.54) is 0 Å². The molecule has 0 spiro atoms. The molecule has 1 saturated heterocycles. The molecule has 1 amide bonds. The molecule has 0 aliphatic carbocycles. The highest BCUT2D eigenvalue weighted by atomic mass is 19.1. The number of methoxy groups -OCH3 is 1. The number of alkyl halides is 1. The van der Waals surface area contributed by atoms with Crippen molar-refractivity contribution >= 4 is 17.5 Å². The molecule has 194 valence electrons. The number of aromatic nitrogens is 6. The lowest BCUT2D eigenvalue weighted by molar-refractivity contribution is -0.117. The van der Waals surface area contributed by atoms with Gasteiger partial charge < -0.3 is 19.9 Å². The van der Waals surface area contributed by atoms with Gasteiger partial charge in [0.1, 0.15) is 6.17 Å². The number of ether oxygens (including phenoxy) is 1. The number of carbonyl (C=O) groups excluding carboxylic acids is 1. The molecule has 4 heterocycles. The average Bonchev–Trinajstić information content (AvgIpc) is 3.54. The predicted molar refractivity (Wildman–Crippen MR) is 134 cm³/mol. The predicted octanol–water partition coefficient (Wildman–Crippen LogP) is 1.20. The van der Waals surface area contributed by atoms with Gasteiger partial charge in [-0.15, -0.1) is 10.2 Å². The average molecular weight is 500 g/mol. The molecule has 11 nitrogen and oxygen atoms in total. The standard InChI is InChI=1S/C24H34FN9O2/c1-6-21(35)27-20-15-32(14-18(20)25)24-28-19(22-26-12-16(2)34(22)30-24)9-7-8-17-13-33(11-10-31(3)4)29-23(17)36-5/h6,12-13,18,20H,1,7-11,14-15H2,2-5H3,(H,27,35). The Balaban J connectivity index is 1.49. The van der Waals surface area contributed by atoms with Crippen molar-refractivity contribution in [2.75, 3.05) is 45.7 Å². The molecule has 4 rings (SSSR count). The highest BCUT2D eigenvalue weighted by molar-refractivity contribution is 5.87. The van der Waals surface area contributed by atoms with E-state index in [0.717, 1.165) is 49.0 Å². The zero-order valence-electron chi connectivity index (χ0n) is 21.3. The van der Waals surface area contributed by atoms with Crippen LogP contribution in [0.1, 0.15) is 23.4 Å². The number of halogens is 1. The molecule has 0 bridgehead atoms. The van der Waals surface area contributed by atoms with Crippen LogP contribution in [0.3, 0.4) is 0 Å². The highest BCUT2D eigenvalue weighted by Gasteiger charge is 2.35. The van der Waals surface area contributed by atoms with Crippen molar-refractivity contribution in [2.45, 2.75) is 44.9 Å². The number of fused-ring (bicyclic) bond motifs is 1. The number of hydrogen-bond donors (Lipinski definition) is 1. The summed E-state index contributed by atoms with van der Waals surface area (Å²) < 4.78 is 23.8. The fourth-order valence-corrected chi connectivity index (χ4v) is 4.29. The van der Waals surface area contributed by atoms with Gasteiger partial charge in [-0.25, -0.2) is 18.9 Å². The Bertz CT molecular complexity index is 1220. The molecule has 0 saturated carbocycles. The highest BCUT2D eigenvalue weighted by Crippen LogP contribution is 2.23. The molecule has 2 unspecified atom stereocenters. The van der Waals surface area contributed by atoms with Gasteiger partial charge in [0.15, 0.2) is 5.65 Å². The minimum absolute atomic E-state index is 0.101. The van der Waals surface area contributed by atoms with Gasteiger partial charge in [-0.1, -0.05) is 6.58 Å². The summed E-state index contributed by atoms with van der Waals surface area (Å²) in [5.41, 5.74) is 3.39. The Morgan fingerprint density at radius 1 is 1.33 bits per heavy atom. The van der Waals surface area contributed by atoms with Crippen molar-refractivity contribution < 1.29 is 13.9 Å². The first-order valence-corrected chi connectivity index (χ1v) is 12.1. The lowest BCUT2D eigenvalue weighted by Gasteiger charge is -2.17. The zero-order chi connectivity index (χ0) is 25.8. The maximum Gasteiger partial charge on any atom is 0.244 e. The number of imidazole rings is 1. The fourth-order valence-electron chi connectivity index (χ4n) is 4.29. The molecule has 1 aliphatic heterocycles. The Morgan fingerprint density at radius 3 is 2.86 bits per heavy atom. The van der Waals surface area contributed by atoms with Gasteiger partial charge in [0.05, 0.1) is 43.8 Å².